The molecule has 1 atom stereocenters. The molecule has 1 aliphatic carbocycles. The zero-order valence-electron chi connectivity index (χ0n) is 14.7. The quantitative estimate of drug-likeness (QED) is 0.462. The van der Waals surface area contributed by atoms with E-state index in [1.165, 1.54) is 57.8 Å². The van der Waals surface area contributed by atoms with E-state index in [2.05, 4.69) is 41.5 Å². The van der Waals surface area contributed by atoms with Gasteiger partial charge in [0.1, 0.15) is 0 Å². The van der Waals surface area contributed by atoms with Crippen molar-refractivity contribution < 1.29 is 0 Å². The first-order chi connectivity index (χ1) is 9.06. The normalized spacial score (nSPS) is 17.7. The lowest BCUT2D eigenvalue weighted by Gasteiger charge is -2.27. The van der Waals surface area contributed by atoms with E-state index in [0.29, 0.717) is 0 Å². The Morgan fingerprint density at radius 1 is 0.895 bits per heavy atom. The van der Waals surface area contributed by atoms with Gasteiger partial charge in [0.05, 0.1) is 0 Å². The van der Waals surface area contributed by atoms with Crippen LogP contribution in [-0.2, 0) is 0 Å². The first kappa shape index (κ1) is 19.0. The standard InChI is InChI=1S/C13H26.C6H14/c1-4-5-10-13(11(2)3)12-8-6-7-9-12;1-4-6(3)5-2/h11-13H,4-10H2,1-3H3;6H,4-5H2,1-3H3. The maximum Gasteiger partial charge on any atom is -0.0363 e. The lowest BCUT2D eigenvalue weighted by molar-refractivity contribution is 0.235. The van der Waals surface area contributed by atoms with E-state index in [1.54, 1.807) is 0 Å². The fourth-order valence-electron chi connectivity index (χ4n) is 3.23. The van der Waals surface area contributed by atoms with Crippen LogP contribution in [-0.4, -0.2) is 0 Å². The molecule has 19 heavy (non-hydrogen) atoms. The van der Waals surface area contributed by atoms with Crippen molar-refractivity contribution in [3.8, 4) is 0 Å². The fourth-order valence-corrected chi connectivity index (χ4v) is 3.23. The van der Waals surface area contributed by atoms with Crippen molar-refractivity contribution in [3.63, 3.8) is 0 Å². The zero-order valence-corrected chi connectivity index (χ0v) is 14.7. The van der Waals surface area contributed by atoms with Crippen LogP contribution in [0.15, 0.2) is 0 Å². The van der Waals surface area contributed by atoms with Gasteiger partial charge in [-0.25, -0.2) is 0 Å². The molecular formula is C19H40. The second-order valence-corrected chi connectivity index (χ2v) is 7.02. The summed E-state index contributed by atoms with van der Waals surface area (Å²) in [4.78, 5) is 0. The highest BCUT2D eigenvalue weighted by atomic mass is 14.3. The van der Waals surface area contributed by atoms with Crippen LogP contribution in [0.4, 0.5) is 0 Å². The molecule has 0 aromatic heterocycles. The molecule has 1 unspecified atom stereocenters. The molecule has 1 aliphatic rings. The smallest absolute Gasteiger partial charge is 0.0363 e. The van der Waals surface area contributed by atoms with Crippen LogP contribution in [0.2, 0.25) is 0 Å². The van der Waals surface area contributed by atoms with Gasteiger partial charge in [-0.15, -0.1) is 0 Å². The van der Waals surface area contributed by atoms with Gasteiger partial charge in [0, 0.05) is 0 Å². The highest BCUT2D eigenvalue weighted by Gasteiger charge is 2.26. The molecule has 0 aromatic carbocycles. The maximum absolute atomic E-state index is 2.42. The van der Waals surface area contributed by atoms with Gasteiger partial charge in [-0.2, -0.15) is 0 Å². The number of hydrogen-bond donors (Lipinski definition) is 0. The molecule has 0 nitrogen and oxygen atoms in total. The summed E-state index contributed by atoms with van der Waals surface area (Å²) in [5.41, 5.74) is 0. The summed E-state index contributed by atoms with van der Waals surface area (Å²) >= 11 is 0. The van der Waals surface area contributed by atoms with Crippen LogP contribution in [0.25, 0.3) is 0 Å². The average Bonchev–Trinajstić information content (AvgIpc) is 2.92. The molecule has 0 amide bonds. The molecule has 1 rings (SSSR count). The Labute approximate surface area is 123 Å². The molecule has 0 N–H and O–H groups in total. The van der Waals surface area contributed by atoms with Crippen molar-refractivity contribution in [1.29, 1.82) is 0 Å². The van der Waals surface area contributed by atoms with Crippen LogP contribution in [0.1, 0.15) is 99.3 Å². The van der Waals surface area contributed by atoms with Gasteiger partial charge < -0.3 is 0 Å². The van der Waals surface area contributed by atoms with Gasteiger partial charge in [-0.1, -0.05) is 92.9 Å². The molecule has 0 saturated heterocycles. The third kappa shape index (κ3) is 8.71. The zero-order chi connectivity index (χ0) is 14.7. The molecule has 0 aromatic rings. The highest BCUT2D eigenvalue weighted by molar-refractivity contribution is 4.77. The summed E-state index contributed by atoms with van der Waals surface area (Å²) in [5, 5.41) is 0. The van der Waals surface area contributed by atoms with E-state index in [0.717, 1.165) is 23.7 Å². The van der Waals surface area contributed by atoms with Crippen LogP contribution in [0.5, 0.6) is 0 Å². The van der Waals surface area contributed by atoms with Gasteiger partial charge in [0.2, 0.25) is 0 Å². The Morgan fingerprint density at radius 3 is 1.74 bits per heavy atom. The van der Waals surface area contributed by atoms with Gasteiger partial charge in [0.25, 0.3) is 0 Å². The van der Waals surface area contributed by atoms with Crippen molar-refractivity contribution in [2.45, 2.75) is 99.3 Å². The first-order valence-electron chi connectivity index (χ1n) is 9.06. The van der Waals surface area contributed by atoms with Crippen molar-refractivity contribution in [2.75, 3.05) is 0 Å². The van der Waals surface area contributed by atoms with Crippen LogP contribution in [0, 0.1) is 23.7 Å². The summed E-state index contributed by atoms with van der Waals surface area (Å²) in [6, 6.07) is 0. The predicted molar refractivity (Wildman–Crippen MR) is 89.6 cm³/mol. The van der Waals surface area contributed by atoms with Gasteiger partial charge in [0.15, 0.2) is 0 Å². The number of rotatable bonds is 7. The highest BCUT2D eigenvalue weighted by Crippen LogP contribution is 2.37. The van der Waals surface area contributed by atoms with E-state index in [9.17, 15) is 0 Å². The molecule has 0 radical (unpaired) electrons. The van der Waals surface area contributed by atoms with Crippen molar-refractivity contribution in [1.82, 2.24) is 0 Å². The summed E-state index contributed by atoms with van der Waals surface area (Å²) in [5.74, 6) is 3.95. The largest absolute Gasteiger partial charge is 0.0654 e. The van der Waals surface area contributed by atoms with Crippen LogP contribution < -0.4 is 0 Å². The average molecular weight is 269 g/mol. The van der Waals surface area contributed by atoms with E-state index in [-0.39, 0.29) is 0 Å². The Kier molecular flexibility index (Phi) is 11.8. The first-order valence-corrected chi connectivity index (χ1v) is 9.06. The fraction of sp³-hybridized carbons (Fsp3) is 1.00. The summed E-state index contributed by atoms with van der Waals surface area (Å²) < 4.78 is 0. The van der Waals surface area contributed by atoms with Crippen molar-refractivity contribution >= 4 is 0 Å². The van der Waals surface area contributed by atoms with Gasteiger partial charge in [-0.3, -0.25) is 0 Å². The topological polar surface area (TPSA) is 0 Å². The molecule has 0 bridgehead atoms. The Morgan fingerprint density at radius 2 is 1.42 bits per heavy atom. The Bertz CT molecular complexity index is 172. The molecule has 0 heterocycles. The lowest BCUT2D eigenvalue weighted by Crippen LogP contribution is -2.17. The maximum atomic E-state index is 2.42. The van der Waals surface area contributed by atoms with Crippen molar-refractivity contribution in [2.24, 2.45) is 23.7 Å². The third-order valence-electron chi connectivity index (χ3n) is 5.15. The minimum Gasteiger partial charge on any atom is -0.0654 e. The van der Waals surface area contributed by atoms with Gasteiger partial charge in [-0.05, 0) is 30.1 Å². The van der Waals surface area contributed by atoms with E-state index in [4.69, 9.17) is 0 Å². The summed E-state index contributed by atoms with van der Waals surface area (Å²) in [6.07, 6.45) is 13.0. The monoisotopic (exact) mass is 268 g/mol. The Balaban J connectivity index is 0.000000459. The molecule has 0 spiro atoms. The Hall–Kier alpha value is 0. The van der Waals surface area contributed by atoms with Crippen LogP contribution in [0.3, 0.4) is 0 Å². The third-order valence-corrected chi connectivity index (χ3v) is 5.15. The molecule has 0 heteroatoms. The molecule has 1 fully saturated rings. The SMILES string of the molecule is CCC(C)CC.CCCCC(C(C)C)C1CCCC1. The van der Waals surface area contributed by atoms with Crippen molar-refractivity contribution in [3.05, 3.63) is 0 Å². The molecule has 116 valence electrons. The minimum atomic E-state index is 0.912. The second-order valence-electron chi connectivity index (χ2n) is 7.02. The molecule has 0 aliphatic heterocycles. The number of hydrogen-bond acceptors (Lipinski definition) is 0. The summed E-state index contributed by atoms with van der Waals surface area (Å²) in [6.45, 7) is 13.9. The van der Waals surface area contributed by atoms with Crippen LogP contribution >= 0.6 is 0 Å². The summed E-state index contributed by atoms with van der Waals surface area (Å²) in [7, 11) is 0. The lowest BCUT2D eigenvalue weighted by atomic mass is 9.79. The number of unbranched alkanes of at least 4 members (excludes halogenated alkanes) is 1. The molecular weight excluding hydrogens is 228 g/mol. The van der Waals surface area contributed by atoms with E-state index < -0.39 is 0 Å². The minimum absolute atomic E-state index is 0.912. The molecule has 1 saturated carbocycles. The van der Waals surface area contributed by atoms with E-state index >= 15 is 0 Å². The second kappa shape index (κ2) is 11.8. The van der Waals surface area contributed by atoms with E-state index in [1.807, 2.05) is 0 Å². The van der Waals surface area contributed by atoms with Gasteiger partial charge >= 0.3 is 0 Å². The predicted octanol–water partition coefficient (Wildman–Crippen LogP) is 7.08.